The van der Waals surface area contributed by atoms with Crippen molar-refractivity contribution in [2.24, 2.45) is 0 Å². The van der Waals surface area contributed by atoms with Crippen LogP contribution in [0.5, 0.6) is 0 Å². The minimum absolute atomic E-state index is 0.0523. The summed E-state index contributed by atoms with van der Waals surface area (Å²) in [5, 5.41) is 12.1. The van der Waals surface area contributed by atoms with Gasteiger partial charge in [-0.2, -0.15) is 0 Å². The van der Waals surface area contributed by atoms with Crippen molar-refractivity contribution in [2.75, 3.05) is 18.5 Å². The van der Waals surface area contributed by atoms with E-state index in [0.29, 0.717) is 12.4 Å². The number of ether oxygens (including phenoxy) is 1. The summed E-state index contributed by atoms with van der Waals surface area (Å²) in [5.74, 6) is -0.667. The lowest BCUT2D eigenvalue weighted by Gasteiger charge is -2.12. The van der Waals surface area contributed by atoms with Crippen molar-refractivity contribution in [3.8, 4) is 0 Å². The number of anilines is 1. The summed E-state index contributed by atoms with van der Waals surface area (Å²) in [6, 6.07) is 1.38. The van der Waals surface area contributed by atoms with E-state index >= 15 is 0 Å². The van der Waals surface area contributed by atoms with Crippen LogP contribution in [0.2, 0.25) is 5.02 Å². The first-order valence-electron chi connectivity index (χ1n) is 5.41. The molecule has 1 saturated heterocycles. The van der Waals surface area contributed by atoms with Gasteiger partial charge in [0.1, 0.15) is 5.82 Å². The Kier molecular flexibility index (Phi) is 3.81. The quantitative estimate of drug-likeness (QED) is 0.862. The number of hydrogen-bond donors (Lipinski definition) is 2. The molecule has 0 amide bonds. The first-order valence-corrected chi connectivity index (χ1v) is 5.79. The fourth-order valence-corrected chi connectivity index (χ4v) is 2.01. The van der Waals surface area contributed by atoms with Gasteiger partial charge in [0.2, 0.25) is 0 Å². The Morgan fingerprint density at radius 3 is 3.18 bits per heavy atom. The van der Waals surface area contributed by atoms with Gasteiger partial charge in [-0.25, -0.2) is 9.78 Å². The van der Waals surface area contributed by atoms with Crippen LogP contribution in [0.4, 0.5) is 5.82 Å². The van der Waals surface area contributed by atoms with Crippen molar-refractivity contribution in [2.45, 2.75) is 18.9 Å². The maximum absolute atomic E-state index is 10.9. The molecule has 1 aliphatic rings. The van der Waals surface area contributed by atoms with Gasteiger partial charge in [-0.1, -0.05) is 11.6 Å². The van der Waals surface area contributed by atoms with Crippen LogP contribution in [0.25, 0.3) is 0 Å². The largest absolute Gasteiger partial charge is 0.478 e. The van der Waals surface area contributed by atoms with Crippen molar-refractivity contribution in [3.63, 3.8) is 0 Å². The van der Waals surface area contributed by atoms with E-state index in [1.807, 2.05) is 0 Å². The molecular weight excluding hydrogens is 244 g/mol. The Hall–Kier alpha value is -1.33. The lowest BCUT2D eigenvalue weighted by molar-refractivity contribution is 0.0697. The molecule has 0 saturated carbocycles. The van der Waals surface area contributed by atoms with Gasteiger partial charge in [-0.3, -0.25) is 0 Å². The number of rotatable bonds is 4. The third-order valence-electron chi connectivity index (χ3n) is 2.64. The zero-order valence-electron chi connectivity index (χ0n) is 9.15. The van der Waals surface area contributed by atoms with E-state index in [9.17, 15) is 4.79 Å². The number of carboxylic acids is 1. The molecule has 0 aromatic carbocycles. The fourth-order valence-electron chi connectivity index (χ4n) is 1.75. The lowest BCUT2D eigenvalue weighted by Crippen LogP contribution is -2.19. The molecule has 92 valence electrons. The number of hydrogen-bond acceptors (Lipinski definition) is 4. The molecule has 1 aromatic heterocycles. The maximum Gasteiger partial charge on any atom is 0.337 e. The summed E-state index contributed by atoms with van der Waals surface area (Å²) in [6.07, 6.45) is 3.64. The maximum atomic E-state index is 10.9. The van der Waals surface area contributed by atoms with E-state index in [1.54, 1.807) is 0 Å². The molecule has 1 atom stereocenters. The van der Waals surface area contributed by atoms with Crippen molar-refractivity contribution < 1.29 is 14.6 Å². The van der Waals surface area contributed by atoms with Gasteiger partial charge in [0, 0.05) is 19.3 Å². The Morgan fingerprint density at radius 2 is 2.53 bits per heavy atom. The third-order valence-corrected chi connectivity index (χ3v) is 3.02. The van der Waals surface area contributed by atoms with Crippen LogP contribution in [0, 0.1) is 0 Å². The SMILES string of the molecule is O=C(O)c1ccnc(NCC2CCCO2)c1Cl. The lowest BCUT2D eigenvalue weighted by atomic mass is 10.2. The standard InChI is InChI=1S/C11H13ClN2O3/c12-9-8(11(15)16)3-4-13-10(9)14-6-7-2-1-5-17-7/h3-4,7H,1-2,5-6H2,(H,13,14)(H,15,16). The van der Waals surface area contributed by atoms with Gasteiger partial charge >= 0.3 is 5.97 Å². The van der Waals surface area contributed by atoms with Crippen molar-refractivity contribution in [3.05, 3.63) is 22.8 Å². The normalized spacial score (nSPS) is 19.2. The predicted molar refractivity (Wildman–Crippen MR) is 63.7 cm³/mol. The van der Waals surface area contributed by atoms with Gasteiger partial charge in [0.25, 0.3) is 0 Å². The van der Waals surface area contributed by atoms with Gasteiger partial charge < -0.3 is 15.2 Å². The highest BCUT2D eigenvalue weighted by Crippen LogP contribution is 2.24. The summed E-state index contributed by atoms with van der Waals surface area (Å²) in [5.41, 5.74) is 0.0523. The smallest absolute Gasteiger partial charge is 0.337 e. The molecule has 1 fully saturated rings. The highest BCUT2D eigenvalue weighted by molar-refractivity contribution is 6.35. The molecule has 0 bridgehead atoms. The zero-order valence-corrected chi connectivity index (χ0v) is 9.91. The van der Waals surface area contributed by atoms with E-state index in [4.69, 9.17) is 21.4 Å². The molecule has 17 heavy (non-hydrogen) atoms. The number of nitrogens with one attached hydrogen (secondary N) is 1. The fraction of sp³-hybridized carbons (Fsp3) is 0.455. The van der Waals surface area contributed by atoms with Crippen LogP contribution < -0.4 is 5.32 Å². The van der Waals surface area contributed by atoms with Crippen molar-refractivity contribution in [1.82, 2.24) is 4.98 Å². The number of halogens is 1. The van der Waals surface area contributed by atoms with Crippen LogP contribution in [0.1, 0.15) is 23.2 Å². The molecule has 6 heteroatoms. The molecule has 1 unspecified atom stereocenters. The molecule has 0 aliphatic carbocycles. The van der Waals surface area contributed by atoms with Gasteiger partial charge in [0.05, 0.1) is 16.7 Å². The van der Waals surface area contributed by atoms with Crippen molar-refractivity contribution >= 4 is 23.4 Å². The van der Waals surface area contributed by atoms with E-state index in [0.717, 1.165) is 19.4 Å². The van der Waals surface area contributed by atoms with Gasteiger partial charge in [-0.15, -0.1) is 0 Å². The zero-order chi connectivity index (χ0) is 12.3. The highest BCUT2D eigenvalue weighted by Gasteiger charge is 2.17. The predicted octanol–water partition coefficient (Wildman–Crippen LogP) is 2.02. The van der Waals surface area contributed by atoms with E-state index in [2.05, 4.69) is 10.3 Å². The molecule has 2 heterocycles. The summed E-state index contributed by atoms with van der Waals surface area (Å²) in [4.78, 5) is 14.9. The molecule has 2 N–H and O–H groups in total. The number of nitrogens with zero attached hydrogens (tertiary/aromatic N) is 1. The van der Waals surface area contributed by atoms with Crippen LogP contribution >= 0.6 is 11.6 Å². The molecular formula is C11H13ClN2O3. The van der Waals surface area contributed by atoms with Gasteiger partial charge in [0.15, 0.2) is 0 Å². The number of carbonyl (C=O) groups is 1. The minimum atomic E-state index is -1.06. The van der Waals surface area contributed by atoms with Crippen LogP contribution in [0.3, 0.4) is 0 Å². The number of pyridine rings is 1. The Morgan fingerprint density at radius 1 is 1.71 bits per heavy atom. The summed E-state index contributed by atoms with van der Waals surface area (Å²) in [7, 11) is 0. The number of aromatic carboxylic acids is 1. The second-order valence-corrected chi connectivity index (χ2v) is 4.22. The third kappa shape index (κ3) is 2.87. The second kappa shape index (κ2) is 5.33. The summed E-state index contributed by atoms with van der Waals surface area (Å²) in [6.45, 7) is 1.37. The second-order valence-electron chi connectivity index (χ2n) is 3.84. The number of carboxylic acid groups (broad SMARTS) is 1. The Balaban J connectivity index is 2.04. The minimum Gasteiger partial charge on any atom is -0.478 e. The van der Waals surface area contributed by atoms with Crippen molar-refractivity contribution in [1.29, 1.82) is 0 Å². The summed E-state index contributed by atoms with van der Waals surface area (Å²) < 4.78 is 5.44. The van der Waals surface area contributed by atoms with Gasteiger partial charge in [-0.05, 0) is 18.9 Å². The van der Waals surface area contributed by atoms with Crippen LogP contribution in [0.15, 0.2) is 12.3 Å². The van der Waals surface area contributed by atoms with Crippen LogP contribution in [-0.2, 0) is 4.74 Å². The highest BCUT2D eigenvalue weighted by atomic mass is 35.5. The molecule has 2 rings (SSSR count). The van der Waals surface area contributed by atoms with E-state index in [1.165, 1.54) is 12.3 Å². The topological polar surface area (TPSA) is 71.5 Å². The monoisotopic (exact) mass is 256 g/mol. The molecule has 5 nitrogen and oxygen atoms in total. The molecule has 1 aliphatic heterocycles. The van der Waals surface area contributed by atoms with E-state index in [-0.39, 0.29) is 16.7 Å². The Labute approximate surface area is 104 Å². The number of aromatic nitrogens is 1. The molecule has 1 aromatic rings. The average Bonchev–Trinajstić information content (AvgIpc) is 2.80. The van der Waals surface area contributed by atoms with Crippen LogP contribution in [-0.4, -0.2) is 35.3 Å². The summed E-state index contributed by atoms with van der Waals surface area (Å²) >= 11 is 5.94. The van der Waals surface area contributed by atoms with E-state index < -0.39 is 5.97 Å². The first-order chi connectivity index (χ1) is 8.18. The first kappa shape index (κ1) is 12.1. The molecule has 0 spiro atoms. The average molecular weight is 257 g/mol. The molecule has 0 radical (unpaired) electrons. The Bertz CT molecular complexity index is 419.